The van der Waals surface area contributed by atoms with Crippen molar-refractivity contribution in [2.75, 3.05) is 12.4 Å². The standard InChI is InChI=1S/C22H27NO4S/c1-13-6-8-15(27-13)9-11-18(24)23-20-19(21(25)26-5)16-10-7-14(22(2,3)4)12-17(16)28-20/h6,8-9,11,14H,7,10,12H2,1-5H3,(H,23,24)/b11-9+. The third-order valence-electron chi connectivity index (χ3n) is 5.28. The molecule has 3 rings (SSSR count). The number of fused-ring (bicyclic) bond motifs is 1. The van der Waals surface area contributed by atoms with Crippen LogP contribution >= 0.6 is 11.3 Å². The number of furan rings is 1. The number of carbonyl (C=O) groups excluding carboxylic acids is 2. The molecule has 0 saturated carbocycles. The topological polar surface area (TPSA) is 68.5 Å². The van der Waals surface area contributed by atoms with E-state index < -0.39 is 5.97 Å². The number of aryl methyl sites for hydroxylation is 1. The predicted molar refractivity (Wildman–Crippen MR) is 112 cm³/mol. The number of esters is 1. The minimum atomic E-state index is -0.396. The van der Waals surface area contributed by atoms with Gasteiger partial charge in [0.05, 0.1) is 12.7 Å². The molecule has 0 radical (unpaired) electrons. The number of anilines is 1. The largest absolute Gasteiger partial charge is 0.465 e. The molecule has 0 fully saturated rings. The van der Waals surface area contributed by atoms with Crippen molar-refractivity contribution in [1.82, 2.24) is 0 Å². The number of ether oxygens (including phenoxy) is 1. The zero-order chi connectivity index (χ0) is 20.5. The fourth-order valence-corrected chi connectivity index (χ4v) is 4.90. The number of hydrogen-bond acceptors (Lipinski definition) is 5. The van der Waals surface area contributed by atoms with Gasteiger partial charge >= 0.3 is 5.97 Å². The van der Waals surface area contributed by atoms with E-state index in [1.807, 2.05) is 13.0 Å². The Hall–Kier alpha value is -2.34. The maximum Gasteiger partial charge on any atom is 0.341 e. The van der Waals surface area contributed by atoms with Crippen LogP contribution in [-0.2, 0) is 22.4 Å². The molecule has 2 aromatic rings. The van der Waals surface area contributed by atoms with E-state index in [1.54, 1.807) is 12.1 Å². The molecule has 5 nitrogen and oxygen atoms in total. The van der Waals surface area contributed by atoms with Gasteiger partial charge in [-0.05, 0) is 61.3 Å². The molecule has 150 valence electrons. The Morgan fingerprint density at radius 1 is 1.32 bits per heavy atom. The summed E-state index contributed by atoms with van der Waals surface area (Å²) in [4.78, 5) is 26.0. The highest BCUT2D eigenvalue weighted by Gasteiger charge is 2.34. The van der Waals surface area contributed by atoms with Crippen molar-refractivity contribution in [3.8, 4) is 0 Å². The van der Waals surface area contributed by atoms with Crippen LogP contribution in [0, 0.1) is 18.3 Å². The normalized spacial score (nSPS) is 16.8. The van der Waals surface area contributed by atoms with Crippen molar-refractivity contribution in [1.29, 1.82) is 0 Å². The molecular weight excluding hydrogens is 374 g/mol. The van der Waals surface area contributed by atoms with Gasteiger partial charge in [0.25, 0.3) is 0 Å². The van der Waals surface area contributed by atoms with Crippen LogP contribution in [0.1, 0.15) is 59.5 Å². The van der Waals surface area contributed by atoms with E-state index in [0.717, 1.165) is 30.6 Å². The third kappa shape index (κ3) is 4.38. The zero-order valence-electron chi connectivity index (χ0n) is 17.0. The maximum atomic E-state index is 12.4. The molecule has 1 N–H and O–H groups in total. The molecule has 6 heteroatoms. The van der Waals surface area contributed by atoms with Gasteiger partial charge in [0, 0.05) is 11.0 Å². The first kappa shape index (κ1) is 20.4. The summed E-state index contributed by atoms with van der Waals surface area (Å²) < 4.78 is 10.4. The fourth-order valence-electron chi connectivity index (χ4n) is 3.59. The summed E-state index contributed by atoms with van der Waals surface area (Å²) in [5.74, 6) is 1.25. The second-order valence-electron chi connectivity index (χ2n) is 8.28. The van der Waals surface area contributed by atoms with Crippen LogP contribution in [0.5, 0.6) is 0 Å². The van der Waals surface area contributed by atoms with E-state index in [0.29, 0.717) is 22.2 Å². The van der Waals surface area contributed by atoms with Crippen LogP contribution < -0.4 is 5.32 Å². The van der Waals surface area contributed by atoms with Crippen molar-refractivity contribution < 1.29 is 18.7 Å². The molecule has 1 aliphatic rings. The lowest BCUT2D eigenvalue weighted by molar-refractivity contribution is -0.111. The molecule has 1 unspecified atom stereocenters. The Balaban J connectivity index is 1.84. The fraction of sp³-hybridized carbons (Fsp3) is 0.455. The number of carbonyl (C=O) groups is 2. The smallest absolute Gasteiger partial charge is 0.341 e. The molecule has 28 heavy (non-hydrogen) atoms. The SMILES string of the molecule is COC(=O)c1c(NC(=O)/C=C/c2ccc(C)o2)sc2c1CCC(C(C)(C)C)C2. The molecule has 0 aromatic carbocycles. The van der Waals surface area contributed by atoms with Gasteiger partial charge in [0.1, 0.15) is 16.5 Å². The monoisotopic (exact) mass is 401 g/mol. The lowest BCUT2D eigenvalue weighted by Crippen LogP contribution is -2.26. The first-order chi connectivity index (χ1) is 13.2. The average molecular weight is 402 g/mol. The summed E-state index contributed by atoms with van der Waals surface area (Å²) in [6.45, 7) is 8.60. The van der Waals surface area contributed by atoms with E-state index in [9.17, 15) is 9.59 Å². The van der Waals surface area contributed by atoms with Crippen molar-refractivity contribution in [2.24, 2.45) is 11.3 Å². The number of hydrogen-bond donors (Lipinski definition) is 1. The summed E-state index contributed by atoms with van der Waals surface area (Å²) in [6, 6.07) is 3.64. The van der Waals surface area contributed by atoms with Gasteiger partial charge in [-0.2, -0.15) is 0 Å². The van der Waals surface area contributed by atoms with E-state index in [-0.39, 0.29) is 11.3 Å². The minimum Gasteiger partial charge on any atom is -0.465 e. The van der Waals surface area contributed by atoms with Gasteiger partial charge in [-0.25, -0.2) is 4.79 Å². The highest BCUT2D eigenvalue weighted by Crippen LogP contribution is 2.44. The summed E-state index contributed by atoms with van der Waals surface area (Å²) in [7, 11) is 1.37. The Morgan fingerprint density at radius 3 is 2.68 bits per heavy atom. The predicted octanol–water partition coefficient (Wildman–Crippen LogP) is 5.24. The van der Waals surface area contributed by atoms with Gasteiger partial charge in [-0.3, -0.25) is 4.79 Å². The number of methoxy groups -OCH3 is 1. The van der Waals surface area contributed by atoms with E-state index in [1.165, 1.54) is 29.4 Å². The quantitative estimate of drug-likeness (QED) is 0.562. The summed E-state index contributed by atoms with van der Waals surface area (Å²) in [5, 5.41) is 3.43. The Bertz CT molecular complexity index is 914. The van der Waals surface area contributed by atoms with Crippen LogP contribution in [-0.4, -0.2) is 19.0 Å². The Labute approximate surface area is 169 Å². The van der Waals surface area contributed by atoms with Crippen molar-refractivity contribution in [3.63, 3.8) is 0 Å². The highest BCUT2D eigenvalue weighted by atomic mass is 32.1. The van der Waals surface area contributed by atoms with Crippen LogP contribution in [0.25, 0.3) is 6.08 Å². The van der Waals surface area contributed by atoms with Gasteiger partial charge < -0.3 is 14.5 Å². The third-order valence-corrected chi connectivity index (χ3v) is 6.45. The number of nitrogens with one attached hydrogen (secondary N) is 1. The van der Waals surface area contributed by atoms with Crippen molar-refractivity contribution in [3.05, 3.63) is 45.7 Å². The van der Waals surface area contributed by atoms with E-state index in [2.05, 4.69) is 26.1 Å². The molecular formula is C22H27NO4S. The summed E-state index contributed by atoms with van der Waals surface area (Å²) in [5.41, 5.74) is 1.74. The van der Waals surface area contributed by atoms with Crippen LogP contribution in [0.15, 0.2) is 22.6 Å². The second-order valence-corrected chi connectivity index (χ2v) is 9.38. The molecule has 1 aliphatic carbocycles. The summed E-state index contributed by atoms with van der Waals surface area (Å²) >= 11 is 1.49. The van der Waals surface area contributed by atoms with E-state index in [4.69, 9.17) is 9.15 Å². The van der Waals surface area contributed by atoms with Gasteiger partial charge in [-0.15, -0.1) is 11.3 Å². The lowest BCUT2D eigenvalue weighted by Gasteiger charge is -2.33. The lowest BCUT2D eigenvalue weighted by atomic mass is 9.72. The zero-order valence-corrected chi connectivity index (χ0v) is 17.9. The highest BCUT2D eigenvalue weighted by molar-refractivity contribution is 7.17. The molecule has 0 bridgehead atoms. The van der Waals surface area contributed by atoms with Crippen molar-refractivity contribution in [2.45, 2.75) is 47.0 Å². The first-order valence-electron chi connectivity index (χ1n) is 9.47. The van der Waals surface area contributed by atoms with Crippen LogP contribution in [0.4, 0.5) is 5.00 Å². The van der Waals surface area contributed by atoms with E-state index >= 15 is 0 Å². The van der Waals surface area contributed by atoms with Crippen LogP contribution in [0.3, 0.4) is 0 Å². The number of thiophene rings is 1. The van der Waals surface area contributed by atoms with Gasteiger partial charge in [-0.1, -0.05) is 20.8 Å². The number of amides is 1. The molecule has 1 atom stereocenters. The second kappa shape index (κ2) is 7.95. The molecule has 2 heterocycles. The van der Waals surface area contributed by atoms with Gasteiger partial charge in [0.2, 0.25) is 5.91 Å². The molecule has 1 amide bonds. The van der Waals surface area contributed by atoms with Crippen LogP contribution in [0.2, 0.25) is 0 Å². The molecule has 2 aromatic heterocycles. The average Bonchev–Trinajstić information content (AvgIpc) is 3.20. The van der Waals surface area contributed by atoms with Crippen molar-refractivity contribution >= 4 is 34.3 Å². The maximum absolute atomic E-state index is 12.4. The summed E-state index contributed by atoms with van der Waals surface area (Å²) in [6.07, 6.45) is 5.81. The minimum absolute atomic E-state index is 0.209. The van der Waals surface area contributed by atoms with Gasteiger partial charge in [0.15, 0.2) is 0 Å². The molecule has 0 saturated heterocycles. The number of rotatable bonds is 4. The Kier molecular flexibility index (Phi) is 5.79. The first-order valence-corrected chi connectivity index (χ1v) is 10.3. The Morgan fingerprint density at radius 2 is 2.07 bits per heavy atom. The molecule has 0 aliphatic heterocycles. The molecule has 0 spiro atoms.